The topological polar surface area (TPSA) is 172 Å². The van der Waals surface area contributed by atoms with Crippen LogP contribution in [0.1, 0.15) is 36.8 Å². The molecule has 12 heteroatoms. The van der Waals surface area contributed by atoms with Crippen LogP contribution in [0.25, 0.3) is 0 Å². The van der Waals surface area contributed by atoms with Gasteiger partial charge in [-0.15, -0.1) is 6.42 Å². The van der Waals surface area contributed by atoms with Crippen LogP contribution in [-0.4, -0.2) is 81.5 Å². The van der Waals surface area contributed by atoms with Crippen molar-refractivity contribution in [2.45, 2.75) is 50.5 Å². The van der Waals surface area contributed by atoms with Crippen LogP contribution in [0.4, 0.5) is 0 Å². The molecule has 0 radical (unpaired) electrons. The molecule has 0 spiro atoms. The molecule has 0 aromatic heterocycles. The minimum absolute atomic E-state index is 0.278. The molecule has 0 amide bonds. The molecular weight excluding hydrogens is 538 g/mol. The molecule has 2 aliphatic rings. The van der Waals surface area contributed by atoms with Gasteiger partial charge in [-0.1, -0.05) is 24.1 Å². The first-order chi connectivity index (χ1) is 19.6. The lowest BCUT2D eigenvalue weighted by molar-refractivity contribution is -0.170. The van der Waals surface area contributed by atoms with Crippen LogP contribution in [0.3, 0.4) is 0 Å². The Hall–Kier alpha value is -4.31. The standard InChI is InChI=1S/C23H25NO4.C6H8O7/c1-2-10-25-20-6-3-5-18(12-20)14-24(16-21-7-4-11-26-21)15-19-8-9-22-23(13-19)28-17-27-22;7-3(8)1-6(13,5(11)12)2-4(9)10/h1,3,5-6,8-9,12-13,21H,4,7,10-11,14-17H2;13H,1-2H2,(H,7,8)(H,9,10)(H,11,12). The zero-order valence-electron chi connectivity index (χ0n) is 22.4. The number of terminal acetylenes is 1. The molecule has 1 saturated heterocycles. The summed E-state index contributed by atoms with van der Waals surface area (Å²) < 4.78 is 22.4. The number of carboxylic acids is 3. The summed E-state index contributed by atoms with van der Waals surface area (Å²) in [5.74, 6) is -0.0793. The lowest BCUT2D eigenvalue weighted by Gasteiger charge is -2.25. The van der Waals surface area contributed by atoms with Crippen LogP contribution in [0, 0.1) is 12.3 Å². The maximum atomic E-state index is 10.3. The van der Waals surface area contributed by atoms with Crippen molar-refractivity contribution in [1.82, 2.24) is 4.90 Å². The van der Waals surface area contributed by atoms with Crippen molar-refractivity contribution >= 4 is 17.9 Å². The number of aliphatic carboxylic acids is 3. The van der Waals surface area contributed by atoms with Crippen molar-refractivity contribution in [3.05, 3.63) is 53.6 Å². The van der Waals surface area contributed by atoms with Crippen molar-refractivity contribution in [2.24, 2.45) is 0 Å². The number of carbonyl (C=O) groups is 3. The predicted molar refractivity (Wildman–Crippen MR) is 144 cm³/mol. The molecule has 2 heterocycles. The second-order valence-corrected chi connectivity index (χ2v) is 9.61. The van der Waals surface area contributed by atoms with Gasteiger partial charge in [-0.05, 0) is 48.2 Å². The lowest BCUT2D eigenvalue weighted by atomic mass is 9.96. The summed E-state index contributed by atoms with van der Waals surface area (Å²) in [7, 11) is 0. The van der Waals surface area contributed by atoms with Gasteiger partial charge in [0, 0.05) is 26.2 Å². The third-order valence-corrected chi connectivity index (χ3v) is 6.24. The molecule has 4 rings (SSSR count). The van der Waals surface area contributed by atoms with Gasteiger partial charge >= 0.3 is 17.9 Å². The number of carboxylic acid groups (broad SMARTS) is 3. The first-order valence-electron chi connectivity index (χ1n) is 12.8. The molecule has 1 unspecified atom stereocenters. The number of nitrogens with zero attached hydrogens (tertiary/aromatic N) is 1. The van der Waals surface area contributed by atoms with Crippen LogP contribution in [0.5, 0.6) is 17.2 Å². The monoisotopic (exact) mass is 571 g/mol. The van der Waals surface area contributed by atoms with Crippen molar-refractivity contribution in [3.63, 3.8) is 0 Å². The molecule has 0 bridgehead atoms. The summed E-state index contributed by atoms with van der Waals surface area (Å²) in [6, 6.07) is 14.3. The Balaban J connectivity index is 0.000000302. The largest absolute Gasteiger partial charge is 0.481 e. The highest BCUT2D eigenvalue weighted by Crippen LogP contribution is 2.33. The summed E-state index contributed by atoms with van der Waals surface area (Å²) in [4.78, 5) is 32.9. The molecule has 12 nitrogen and oxygen atoms in total. The summed E-state index contributed by atoms with van der Waals surface area (Å²) >= 11 is 0. The highest BCUT2D eigenvalue weighted by Gasteiger charge is 2.40. The Kier molecular flexibility index (Phi) is 11.3. The number of hydrogen-bond acceptors (Lipinski definition) is 9. The highest BCUT2D eigenvalue weighted by molar-refractivity contribution is 5.88. The molecule has 220 valence electrons. The molecular formula is C29H33NO11. The van der Waals surface area contributed by atoms with E-state index in [9.17, 15) is 14.4 Å². The second-order valence-electron chi connectivity index (χ2n) is 9.61. The van der Waals surface area contributed by atoms with Gasteiger partial charge in [-0.3, -0.25) is 14.5 Å². The van der Waals surface area contributed by atoms with Crippen molar-refractivity contribution in [1.29, 1.82) is 0 Å². The highest BCUT2D eigenvalue weighted by atomic mass is 16.7. The number of benzene rings is 2. The molecule has 1 atom stereocenters. The lowest BCUT2D eigenvalue weighted by Crippen LogP contribution is -2.42. The summed E-state index contributed by atoms with van der Waals surface area (Å²) in [6.45, 7) is 3.94. The number of fused-ring (bicyclic) bond motifs is 1. The van der Waals surface area contributed by atoms with E-state index >= 15 is 0 Å². The molecule has 1 fully saturated rings. The minimum atomic E-state index is -2.74. The second kappa shape index (κ2) is 14.9. The Labute approximate surface area is 237 Å². The van der Waals surface area contributed by atoms with Gasteiger partial charge in [0.15, 0.2) is 17.1 Å². The van der Waals surface area contributed by atoms with Crippen molar-refractivity contribution in [3.8, 4) is 29.6 Å². The Morgan fingerprint density at radius 3 is 2.29 bits per heavy atom. The third kappa shape index (κ3) is 9.99. The summed E-state index contributed by atoms with van der Waals surface area (Å²) in [6.07, 6.45) is 5.54. The average Bonchev–Trinajstić information content (AvgIpc) is 3.59. The zero-order valence-corrected chi connectivity index (χ0v) is 22.4. The minimum Gasteiger partial charge on any atom is -0.481 e. The van der Waals surface area contributed by atoms with Crippen LogP contribution in [-0.2, 0) is 32.2 Å². The Morgan fingerprint density at radius 1 is 1.00 bits per heavy atom. The molecule has 41 heavy (non-hydrogen) atoms. The maximum Gasteiger partial charge on any atom is 0.336 e. The van der Waals surface area contributed by atoms with E-state index in [-0.39, 0.29) is 12.7 Å². The van der Waals surface area contributed by atoms with Gasteiger partial charge in [0.25, 0.3) is 0 Å². The van der Waals surface area contributed by atoms with Crippen LogP contribution in [0.2, 0.25) is 0 Å². The van der Waals surface area contributed by atoms with Crippen LogP contribution < -0.4 is 14.2 Å². The fourth-order valence-corrected chi connectivity index (χ4v) is 4.39. The molecule has 0 saturated carbocycles. The van der Waals surface area contributed by atoms with Gasteiger partial charge in [0.1, 0.15) is 12.4 Å². The van der Waals surface area contributed by atoms with Gasteiger partial charge in [0.2, 0.25) is 6.79 Å². The molecule has 2 aromatic rings. The van der Waals surface area contributed by atoms with E-state index in [1.165, 1.54) is 11.1 Å². The van der Waals surface area contributed by atoms with Crippen LogP contribution in [0.15, 0.2) is 42.5 Å². The fourth-order valence-electron chi connectivity index (χ4n) is 4.39. The van der Waals surface area contributed by atoms with E-state index in [1.807, 2.05) is 18.2 Å². The molecule has 4 N–H and O–H groups in total. The SMILES string of the molecule is C#CCOc1cccc(CN(Cc2ccc3c(c2)OCO3)CC2CCCO2)c1.O=C(O)CC(O)(CC(=O)O)C(=O)O. The Morgan fingerprint density at radius 2 is 1.68 bits per heavy atom. The fraction of sp³-hybridized carbons (Fsp3) is 0.414. The first kappa shape index (κ1) is 31.2. The summed E-state index contributed by atoms with van der Waals surface area (Å²) in [5.41, 5.74) is -0.354. The van der Waals surface area contributed by atoms with E-state index in [0.29, 0.717) is 6.79 Å². The average molecular weight is 572 g/mol. The number of rotatable bonds is 13. The summed E-state index contributed by atoms with van der Waals surface area (Å²) in [5, 5.41) is 33.8. The smallest absolute Gasteiger partial charge is 0.336 e. The maximum absolute atomic E-state index is 10.3. The van der Waals surface area contributed by atoms with Crippen LogP contribution >= 0.6 is 0 Å². The molecule has 2 aromatic carbocycles. The number of ether oxygens (including phenoxy) is 4. The van der Waals surface area contributed by atoms with Gasteiger partial charge in [-0.25, -0.2) is 4.79 Å². The number of aliphatic hydroxyl groups is 1. The number of hydrogen-bond donors (Lipinski definition) is 4. The Bertz CT molecular complexity index is 1230. The first-order valence-corrected chi connectivity index (χ1v) is 12.8. The van der Waals surface area contributed by atoms with E-state index in [0.717, 1.165) is 56.3 Å². The molecule has 2 aliphatic heterocycles. The van der Waals surface area contributed by atoms with E-state index in [1.54, 1.807) is 0 Å². The zero-order chi connectivity index (χ0) is 29.8. The quantitative estimate of drug-likeness (QED) is 0.259. The predicted octanol–water partition coefficient (Wildman–Crippen LogP) is 2.36. The van der Waals surface area contributed by atoms with E-state index in [2.05, 4.69) is 35.1 Å². The van der Waals surface area contributed by atoms with Crippen molar-refractivity contribution < 1.29 is 53.8 Å². The van der Waals surface area contributed by atoms with E-state index in [4.69, 9.17) is 45.8 Å². The van der Waals surface area contributed by atoms with Crippen molar-refractivity contribution in [2.75, 3.05) is 26.6 Å². The van der Waals surface area contributed by atoms with E-state index < -0.39 is 36.4 Å². The van der Waals surface area contributed by atoms with Gasteiger partial charge in [0.05, 0.1) is 18.9 Å². The van der Waals surface area contributed by atoms with Gasteiger partial charge < -0.3 is 39.4 Å². The third-order valence-electron chi connectivity index (χ3n) is 6.24. The van der Waals surface area contributed by atoms with Gasteiger partial charge in [-0.2, -0.15) is 0 Å². The normalized spacial score (nSPS) is 15.5. The molecule has 0 aliphatic carbocycles.